The molecule has 2 fully saturated rings. The molecule has 5 nitrogen and oxygen atoms in total. The lowest BCUT2D eigenvalue weighted by molar-refractivity contribution is -0.152. The van der Waals surface area contributed by atoms with E-state index in [0.717, 1.165) is 13.1 Å². The van der Waals surface area contributed by atoms with Crippen LogP contribution in [-0.4, -0.2) is 49.6 Å². The fourth-order valence-electron chi connectivity index (χ4n) is 2.58. The van der Waals surface area contributed by atoms with Gasteiger partial charge in [0.15, 0.2) is 0 Å². The molecular weight excluding hydrogens is 208 g/mol. The standard InChI is InChI=1S/C11H18N2O3/c1-3-16-10(15)9-4-13(8(2)14)7-11(9)5-12-6-11/h9,12H,3-7H2,1-2H3/t9-/m0/s1. The molecule has 1 N–H and O–H groups in total. The molecular formula is C11H18N2O3. The van der Waals surface area contributed by atoms with Gasteiger partial charge in [-0.1, -0.05) is 0 Å². The van der Waals surface area contributed by atoms with Crippen LogP contribution in [0.25, 0.3) is 0 Å². The third kappa shape index (κ3) is 1.69. The van der Waals surface area contributed by atoms with Crippen molar-refractivity contribution < 1.29 is 14.3 Å². The maximum atomic E-state index is 11.8. The van der Waals surface area contributed by atoms with Gasteiger partial charge in [-0.15, -0.1) is 0 Å². The number of likely N-dealkylation sites (tertiary alicyclic amines) is 1. The first-order valence-corrected chi connectivity index (χ1v) is 5.72. The van der Waals surface area contributed by atoms with Crippen LogP contribution in [0.15, 0.2) is 0 Å². The minimum atomic E-state index is -0.159. The van der Waals surface area contributed by atoms with Crippen LogP contribution in [0.5, 0.6) is 0 Å². The van der Waals surface area contributed by atoms with Crippen molar-refractivity contribution >= 4 is 11.9 Å². The molecule has 5 heteroatoms. The molecule has 0 saturated carbocycles. The molecule has 0 aromatic rings. The summed E-state index contributed by atoms with van der Waals surface area (Å²) in [6.07, 6.45) is 0. The number of nitrogens with one attached hydrogen (secondary N) is 1. The summed E-state index contributed by atoms with van der Waals surface area (Å²) in [7, 11) is 0. The van der Waals surface area contributed by atoms with Crippen LogP contribution >= 0.6 is 0 Å². The minimum Gasteiger partial charge on any atom is -0.466 e. The van der Waals surface area contributed by atoms with Crippen molar-refractivity contribution in [1.82, 2.24) is 10.2 Å². The topological polar surface area (TPSA) is 58.6 Å². The fraction of sp³-hybridized carbons (Fsp3) is 0.818. The number of nitrogens with zero attached hydrogens (tertiary/aromatic N) is 1. The number of hydrogen-bond donors (Lipinski definition) is 1. The van der Waals surface area contributed by atoms with Gasteiger partial charge < -0.3 is 15.0 Å². The Morgan fingerprint density at radius 3 is 2.62 bits per heavy atom. The molecule has 16 heavy (non-hydrogen) atoms. The monoisotopic (exact) mass is 226 g/mol. The zero-order chi connectivity index (χ0) is 11.8. The smallest absolute Gasteiger partial charge is 0.311 e. The lowest BCUT2D eigenvalue weighted by atomic mass is 9.73. The lowest BCUT2D eigenvalue weighted by Crippen LogP contribution is -2.59. The molecule has 2 aliphatic rings. The van der Waals surface area contributed by atoms with Crippen molar-refractivity contribution in [3.63, 3.8) is 0 Å². The summed E-state index contributed by atoms with van der Waals surface area (Å²) in [6.45, 7) is 6.56. The number of carbonyl (C=O) groups excluding carboxylic acids is 2. The third-order valence-electron chi connectivity index (χ3n) is 3.62. The molecule has 1 spiro atoms. The lowest BCUT2D eigenvalue weighted by Gasteiger charge is -2.42. The highest BCUT2D eigenvalue weighted by Crippen LogP contribution is 2.40. The van der Waals surface area contributed by atoms with Crippen LogP contribution in [-0.2, 0) is 14.3 Å². The highest BCUT2D eigenvalue weighted by Gasteiger charge is 2.54. The number of esters is 1. The summed E-state index contributed by atoms with van der Waals surface area (Å²) in [5.41, 5.74) is -0.0715. The van der Waals surface area contributed by atoms with Crippen molar-refractivity contribution in [3.05, 3.63) is 0 Å². The third-order valence-corrected chi connectivity index (χ3v) is 3.62. The first-order chi connectivity index (χ1) is 7.59. The second kappa shape index (κ2) is 4.05. The van der Waals surface area contributed by atoms with Crippen molar-refractivity contribution in [2.45, 2.75) is 13.8 Å². The van der Waals surface area contributed by atoms with E-state index in [1.54, 1.807) is 18.7 Å². The molecule has 2 saturated heterocycles. The van der Waals surface area contributed by atoms with Gasteiger partial charge >= 0.3 is 5.97 Å². The molecule has 0 aromatic carbocycles. The zero-order valence-corrected chi connectivity index (χ0v) is 9.78. The summed E-state index contributed by atoms with van der Waals surface area (Å²) in [4.78, 5) is 24.9. The van der Waals surface area contributed by atoms with Crippen molar-refractivity contribution in [2.75, 3.05) is 32.8 Å². The van der Waals surface area contributed by atoms with Gasteiger partial charge in [0.1, 0.15) is 0 Å². The SMILES string of the molecule is CCOC(=O)[C@@H]1CN(C(C)=O)CC12CNC2. The zero-order valence-electron chi connectivity index (χ0n) is 9.78. The highest BCUT2D eigenvalue weighted by atomic mass is 16.5. The van der Waals surface area contributed by atoms with Crippen LogP contribution in [0.4, 0.5) is 0 Å². The van der Waals surface area contributed by atoms with Gasteiger partial charge in [-0.3, -0.25) is 9.59 Å². The van der Waals surface area contributed by atoms with Crippen LogP contribution in [0.2, 0.25) is 0 Å². The van der Waals surface area contributed by atoms with Crippen molar-refractivity contribution in [2.24, 2.45) is 11.3 Å². The summed E-state index contributed by atoms with van der Waals surface area (Å²) < 4.78 is 5.08. The van der Waals surface area contributed by atoms with Crippen LogP contribution in [0.3, 0.4) is 0 Å². The molecule has 2 aliphatic heterocycles. The Hall–Kier alpha value is -1.10. The van der Waals surface area contributed by atoms with Gasteiger partial charge in [0.25, 0.3) is 0 Å². The van der Waals surface area contributed by atoms with E-state index in [-0.39, 0.29) is 23.2 Å². The van der Waals surface area contributed by atoms with Gasteiger partial charge in [0.2, 0.25) is 5.91 Å². The molecule has 2 rings (SSSR count). The highest BCUT2D eigenvalue weighted by molar-refractivity contribution is 5.79. The molecule has 0 radical (unpaired) electrons. The average Bonchev–Trinajstić information content (AvgIpc) is 2.57. The predicted octanol–water partition coefficient (Wildman–Crippen LogP) is -0.383. The number of ether oxygens (including phenoxy) is 1. The van der Waals surface area contributed by atoms with E-state index in [1.807, 2.05) is 0 Å². The molecule has 1 atom stereocenters. The van der Waals surface area contributed by atoms with Gasteiger partial charge in [-0.05, 0) is 6.92 Å². The Labute approximate surface area is 95.1 Å². The molecule has 2 heterocycles. The van der Waals surface area contributed by atoms with E-state index in [0.29, 0.717) is 19.7 Å². The molecule has 0 aromatic heterocycles. The molecule has 0 bridgehead atoms. The van der Waals surface area contributed by atoms with Crippen LogP contribution in [0, 0.1) is 11.3 Å². The van der Waals surface area contributed by atoms with Gasteiger partial charge in [0.05, 0.1) is 12.5 Å². The largest absolute Gasteiger partial charge is 0.466 e. The predicted molar refractivity (Wildman–Crippen MR) is 57.7 cm³/mol. The van der Waals surface area contributed by atoms with E-state index >= 15 is 0 Å². The molecule has 1 amide bonds. The molecule has 0 unspecified atom stereocenters. The van der Waals surface area contributed by atoms with Gasteiger partial charge in [0, 0.05) is 38.5 Å². The van der Waals surface area contributed by atoms with E-state index < -0.39 is 0 Å². The molecule has 90 valence electrons. The van der Waals surface area contributed by atoms with Crippen LogP contribution < -0.4 is 5.32 Å². The second-order valence-corrected chi connectivity index (χ2v) is 4.67. The quantitative estimate of drug-likeness (QED) is 0.652. The fourth-order valence-corrected chi connectivity index (χ4v) is 2.58. The maximum absolute atomic E-state index is 11.8. The number of amides is 1. The van der Waals surface area contributed by atoms with Crippen molar-refractivity contribution in [1.29, 1.82) is 0 Å². The van der Waals surface area contributed by atoms with E-state index in [4.69, 9.17) is 4.74 Å². The number of hydrogen-bond acceptors (Lipinski definition) is 4. The van der Waals surface area contributed by atoms with E-state index in [9.17, 15) is 9.59 Å². The van der Waals surface area contributed by atoms with Crippen LogP contribution in [0.1, 0.15) is 13.8 Å². The van der Waals surface area contributed by atoms with Gasteiger partial charge in [-0.2, -0.15) is 0 Å². The summed E-state index contributed by atoms with van der Waals surface area (Å²) in [6, 6.07) is 0. The second-order valence-electron chi connectivity index (χ2n) is 4.67. The normalized spacial score (nSPS) is 26.6. The number of rotatable bonds is 2. The minimum absolute atomic E-state index is 0.0399. The van der Waals surface area contributed by atoms with E-state index in [2.05, 4.69) is 5.32 Å². The Bertz CT molecular complexity index is 312. The summed E-state index contributed by atoms with van der Waals surface area (Å²) in [5, 5.41) is 3.18. The summed E-state index contributed by atoms with van der Waals surface area (Å²) in [5.74, 6) is -0.275. The Morgan fingerprint density at radius 2 is 2.19 bits per heavy atom. The first-order valence-electron chi connectivity index (χ1n) is 5.72. The van der Waals surface area contributed by atoms with Gasteiger partial charge in [-0.25, -0.2) is 0 Å². The first kappa shape index (κ1) is 11.4. The van der Waals surface area contributed by atoms with E-state index in [1.165, 1.54) is 0 Å². The Balaban J connectivity index is 2.10. The Kier molecular flexibility index (Phi) is 2.88. The molecule has 0 aliphatic carbocycles. The maximum Gasteiger partial charge on any atom is 0.311 e. The average molecular weight is 226 g/mol. The Morgan fingerprint density at radius 1 is 1.50 bits per heavy atom. The van der Waals surface area contributed by atoms with Crippen molar-refractivity contribution in [3.8, 4) is 0 Å². The summed E-state index contributed by atoms with van der Waals surface area (Å²) >= 11 is 0. The number of carbonyl (C=O) groups is 2.